The summed E-state index contributed by atoms with van der Waals surface area (Å²) in [5.41, 5.74) is 2.33. The van der Waals surface area contributed by atoms with E-state index >= 15 is 0 Å². The minimum absolute atomic E-state index is 0.0862. The van der Waals surface area contributed by atoms with E-state index in [0.717, 1.165) is 19.3 Å². The monoisotopic (exact) mass is 399 g/mol. The molecule has 1 aliphatic rings. The quantitative estimate of drug-likeness (QED) is 0.543. The fourth-order valence-corrected chi connectivity index (χ4v) is 4.42. The third kappa shape index (κ3) is 4.87. The van der Waals surface area contributed by atoms with Crippen molar-refractivity contribution in [1.82, 2.24) is 0 Å². The van der Waals surface area contributed by atoms with Crippen LogP contribution in [0.4, 0.5) is 5.69 Å². The van der Waals surface area contributed by atoms with E-state index in [1.807, 2.05) is 6.07 Å². The van der Waals surface area contributed by atoms with Crippen LogP contribution in [-0.2, 0) is 22.4 Å². The number of carbonyl (C=O) groups is 3. The zero-order valence-corrected chi connectivity index (χ0v) is 17.1. The number of aryl methyl sites for hydroxylation is 1. The molecule has 148 valence electrons. The number of esters is 1. The van der Waals surface area contributed by atoms with Crippen molar-refractivity contribution in [3.05, 3.63) is 51.2 Å². The first-order chi connectivity index (χ1) is 13.5. The van der Waals surface area contributed by atoms with Gasteiger partial charge in [-0.15, -0.1) is 11.3 Å². The number of nitrogens with one attached hydrogen (secondary N) is 1. The Morgan fingerprint density at radius 3 is 2.61 bits per heavy atom. The molecule has 0 fully saturated rings. The molecule has 0 aliphatic heterocycles. The number of amides is 1. The summed E-state index contributed by atoms with van der Waals surface area (Å²) < 4.78 is 5.24. The number of hydrogen-bond acceptors (Lipinski definition) is 5. The van der Waals surface area contributed by atoms with Crippen LogP contribution in [0.5, 0.6) is 0 Å². The molecule has 1 aromatic carbocycles. The highest BCUT2D eigenvalue weighted by molar-refractivity contribution is 7.14. The van der Waals surface area contributed by atoms with E-state index in [1.165, 1.54) is 28.2 Å². The van der Waals surface area contributed by atoms with E-state index in [9.17, 15) is 14.4 Å². The fourth-order valence-electron chi connectivity index (χ4n) is 3.32. The lowest BCUT2D eigenvalue weighted by Crippen LogP contribution is -2.14. The molecule has 6 heteroatoms. The van der Waals surface area contributed by atoms with Gasteiger partial charge in [-0.1, -0.05) is 20.3 Å². The molecule has 0 saturated carbocycles. The molecular weight excluding hydrogens is 374 g/mol. The SMILES string of the molecule is CCC(=O)Nc1ccc(C(=O)COC(=O)c2cc3c(s2)CC[C@H](CC)C3)cc1. The maximum absolute atomic E-state index is 12.3. The normalized spacial score (nSPS) is 15.6. The van der Waals surface area contributed by atoms with E-state index < -0.39 is 5.97 Å². The maximum atomic E-state index is 12.3. The van der Waals surface area contributed by atoms with Crippen molar-refractivity contribution < 1.29 is 19.1 Å². The van der Waals surface area contributed by atoms with Gasteiger partial charge in [0.2, 0.25) is 5.91 Å². The number of ether oxygens (including phenoxy) is 1. The summed E-state index contributed by atoms with van der Waals surface area (Å²) in [6, 6.07) is 8.51. The Hall–Kier alpha value is -2.47. The maximum Gasteiger partial charge on any atom is 0.348 e. The summed E-state index contributed by atoms with van der Waals surface area (Å²) in [6.45, 7) is 3.68. The number of rotatable bonds is 7. The third-order valence-corrected chi connectivity index (χ3v) is 6.33. The Bertz CT molecular complexity index is 869. The van der Waals surface area contributed by atoms with Gasteiger partial charge in [0.05, 0.1) is 0 Å². The second-order valence-electron chi connectivity index (χ2n) is 7.05. The number of benzene rings is 1. The average molecular weight is 400 g/mol. The van der Waals surface area contributed by atoms with Crippen molar-refractivity contribution in [2.24, 2.45) is 5.92 Å². The molecule has 0 saturated heterocycles. The van der Waals surface area contributed by atoms with Crippen LogP contribution in [0, 0.1) is 5.92 Å². The topological polar surface area (TPSA) is 72.5 Å². The standard InChI is InChI=1S/C22H25NO4S/c1-3-14-5-10-19-16(11-14)12-20(28-19)22(26)27-13-18(24)15-6-8-17(9-7-15)23-21(25)4-2/h6-9,12,14H,3-5,10-11,13H2,1-2H3,(H,23,25)/t14-/m0/s1. The molecule has 0 spiro atoms. The van der Waals surface area contributed by atoms with Crippen LogP contribution in [0.1, 0.15) is 63.6 Å². The van der Waals surface area contributed by atoms with Crippen molar-refractivity contribution in [2.75, 3.05) is 11.9 Å². The minimum atomic E-state index is -0.437. The lowest BCUT2D eigenvalue weighted by molar-refractivity contribution is -0.115. The third-order valence-electron chi connectivity index (χ3n) is 5.11. The summed E-state index contributed by atoms with van der Waals surface area (Å²) >= 11 is 1.49. The van der Waals surface area contributed by atoms with Crippen molar-refractivity contribution in [3.8, 4) is 0 Å². The summed E-state index contributed by atoms with van der Waals surface area (Å²) in [6.07, 6.45) is 4.76. The van der Waals surface area contributed by atoms with Crippen molar-refractivity contribution in [2.45, 2.75) is 46.0 Å². The molecule has 0 bridgehead atoms. The minimum Gasteiger partial charge on any atom is -0.453 e. The highest BCUT2D eigenvalue weighted by Crippen LogP contribution is 2.33. The van der Waals surface area contributed by atoms with Crippen LogP contribution < -0.4 is 5.32 Å². The first kappa shape index (κ1) is 20.3. The molecule has 0 radical (unpaired) electrons. The van der Waals surface area contributed by atoms with E-state index in [2.05, 4.69) is 12.2 Å². The van der Waals surface area contributed by atoms with E-state index in [1.54, 1.807) is 31.2 Å². The zero-order valence-electron chi connectivity index (χ0n) is 16.2. The van der Waals surface area contributed by atoms with Crippen LogP contribution in [0.25, 0.3) is 0 Å². The second-order valence-corrected chi connectivity index (χ2v) is 8.19. The van der Waals surface area contributed by atoms with Crippen LogP contribution in [0.15, 0.2) is 30.3 Å². The largest absolute Gasteiger partial charge is 0.453 e. The van der Waals surface area contributed by atoms with Crippen LogP contribution in [-0.4, -0.2) is 24.3 Å². The molecule has 2 aromatic rings. The van der Waals surface area contributed by atoms with Crippen molar-refractivity contribution in [3.63, 3.8) is 0 Å². The van der Waals surface area contributed by atoms with Gasteiger partial charge in [0, 0.05) is 22.5 Å². The Balaban J connectivity index is 1.55. The first-order valence-electron chi connectivity index (χ1n) is 9.72. The number of ketones is 1. The van der Waals surface area contributed by atoms with Crippen LogP contribution in [0.3, 0.4) is 0 Å². The van der Waals surface area contributed by atoms with Gasteiger partial charge in [-0.2, -0.15) is 0 Å². The van der Waals surface area contributed by atoms with Crippen molar-refractivity contribution in [1.29, 1.82) is 0 Å². The molecular formula is C22H25NO4S. The molecule has 1 N–H and O–H groups in total. The van der Waals surface area contributed by atoms with E-state index in [4.69, 9.17) is 4.74 Å². The summed E-state index contributed by atoms with van der Waals surface area (Å²) in [5, 5.41) is 2.73. The predicted molar refractivity (Wildman–Crippen MR) is 110 cm³/mol. The lowest BCUT2D eigenvalue weighted by Gasteiger charge is -2.19. The Labute approximate surface area is 169 Å². The molecule has 1 aliphatic carbocycles. The zero-order chi connectivity index (χ0) is 20.1. The van der Waals surface area contributed by atoms with Gasteiger partial charge in [0.1, 0.15) is 4.88 Å². The van der Waals surface area contributed by atoms with E-state index in [0.29, 0.717) is 28.5 Å². The van der Waals surface area contributed by atoms with Crippen LogP contribution in [0.2, 0.25) is 0 Å². The molecule has 3 rings (SSSR count). The molecule has 1 aromatic heterocycles. The second kappa shape index (κ2) is 9.15. The summed E-state index contributed by atoms with van der Waals surface area (Å²) in [7, 11) is 0. The van der Waals surface area contributed by atoms with Gasteiger partial charge in [0.15, 0.2) is 12.4 Å². The summed E-state index contributed by atoms with van der Waals surface area (Å²) in [4.78, 5) is 37.9. The van der Waals surface area contributed by atoms with Crippen molar-refractivity contribution >= 4 is 34.7 Å². The smallest absolute Gasteiger partial charge is 0.348 e. The van der Waals surface area contributed by atoms with Gasteiger partial charge >= 0.3 is 5.97 Å². The number of thiophene rings is 1. The highest BCUT2D eigenvalue weighted by atomic mass is 32.1. The molecule has 0 unspecified atom stereocenters. The first-order valence-corrected chi connectivity index (χ1v) is 10.5. The van der Waals surface area contributed by atoms with E-state index in [-0.39, 0.29) is 18.3 Å². The molecule has 28 heavy (non-hydrogen) atoms. The van der Waals surface area contributed by atoms with Gasteiger partial charge in [-0.05, 0) is 61.1 Å². The summed E-state index contributed by atoms with van der Waals surface area (Å²) in [5.74, 6) is -0.101. The lowest BCUT2D eigenvalue weighted by atomic mass is 9.87. The van der Waals surface area contributed by atoms with Crippen LogP contribution >= 0.6 is 11.3 Å². The molecule has 1 amide bonds. The van der Waals surface area contributed by atoms with Gasteiger partial charge in [-0.25, -0.2) is 4.79 Å². The molecule has 5 nitrogen and oxygen atoms in total. The molecule has 1 atom stereocenters. The number of Topliss-reactive ketones (excluding diaryl/α,β-unsaturated/α-hetero) is 1. The average Bonchev–Trinajstić information content (AvgIpc) is 3.15. The number of hydrogen-bond donors (Lipinski definition) is 1. The predicted octanol–water partition coefficient (Wildman–Crippen LogP) is 4.65. The van der Waals surface area contributed by atoms with Gasteiger partial charge in [0.25, 0.3) is 0 Å². The molecule has 1 heterocycles. The number of carbonyl (C=O) groups excluding carboxylic acids is 3. The Kier molecular flexibility index (Phi) is 6.62. The van der Waals surface area contributed by atoms with Gasteiger partial charge in [-0.3, -0.25) is 9.59 Å². The number of anilines is 1. The fraction of sp³-hybridized carbons (Fsp3) is 0.409. The number of fused-ring (bicyclic) bond motifs is 1. The Morgan fingerprint density at radius 1 is 1.18 bits per heavy atom. The van der Waals surface area contributed by atoms with Gasteiger partial charge < -0.3 is 10.1 Å². The Morgan fingerprint density at radius 2 is 1.93 bits per heavy atom. The highest BCUT2D eigenvalue weighted by Gasteiger charge is 2.23.